The van der Waals surface area contributed by atoms with E-state index in [1.807, 2.05) is 19.2 Å². The number of benzene rings is 1. The fourth-order valence-corrected chi connectivity index (χ4v) is 3.80. The van der Waals surface area contributed by atoms with Gasteiger partial charge in [-0.2, -0.15) is 0 Å². The van der Waals surface area contributed by atoms with Crippen molar-refractivity contribution in [2.75, 3.05) is 13.1 Å². The van der Waals surface area contributed by atoms with Crippen LogP contribution in [0.3, 0.4) is 0 Å². The molecule has 5 nitrogen and oxygen atoms in total. The number of likely N-dealkylation sites (tertiary alicyclic amines) is 1. The predicted octanol–water partition coefficient (Wildman–Crippen LogP) is 3.09. The number of rotatable bonds is 5. The van der Waals surface area contributed by atoms with E-state index < -0.39 is 0 Å². The number of carbonyl (C=O) groups excluding carboxylic acids is 1. The minimum Gasteiger partial charge on any atom is -0.334 e. The molecule has 2 atom stereocenters. The van der Waals surface area contributed by atoms with Crippen molar-refractivity contribution < 1.29 is 4.79 Å². The Morgan fingerprint density at radius 1 is 1.42 bits per heavy atom. The normalized spacial score (nSPS) is 19.2. The van der Waals surface area contributed by atoms with Crippen LogP contribution in [0.2, 0.25) is 0 Å². The van der Waals surface area contributed by atoms with E-state index in [0.717, 1.165) is 29.4 Å². The first-order chi connectivity index (χ1) is 11.6. The number of urea groups is 1. The van der Waals surface area contributed by atoms with E-state index in [2.05, 4.69) is 51.7 Å². The van der Waals surface area contributed by atoms with Crippen molar-refractivity contribution >= 4 is 17.4 Å². The van der Waals surface area contributed by atoms with Crippen LogP contribution in [0, 0.1) is 6.92 Å². The number of hydrogen-bond acceptors (Lipinski definition) is 4. The second-order valence-corrected chi connectivity index (χ2v) is 7.58. The molecule has 1 aromatic carbocycles. The van der Waals surface area contributed by atoms with Gasteiger partial charge in [-0.1, -0.05) is 30.3 Å². The Hall–Kier alpha value is -1.92. The van der Waals surface area contributed by atoms with Gasteiger partial charge in [0.2, 0.25) is 0 Å². The Bertz CT molecular complexity index is 673. The van der Waals surface area contributed by atoms with Gasteiger partial charge in [0.15, 0.2) is 0 Å². The van der Waals surface area contributed by atoms with Crippen LogP contribution in [0.4, 0.5) is 4.79 Å². The van der Waals surface area contributed by atoms with E-state index in [4.69, 9.17) is 0 Å². The summed E-state index contributed by atoms with van der Waals surface area (Å²) in [6.45, 7) is 6.62. The van der Waals surface area contributed by atoms with Crippen molar-refractivity contribution in [1.29, 1.82) is 0 Å². The van der Waals surface area contributed by atoms with E-state index >= 15 is 0 Å². The minimum atomic E-state index is -0.109. The van der Waals surface area contributed by atoms with Gasteiger partial charge in [0.25, 0.3) is 0 Å². The molecule has 1 fully saturated rings. The van der Waals surface area contributed by atoms with Crippen molar-refractivity contribution in [2.24, 2.45) is 0 Å². The molecule has 0 bridgehead atoms. The molecule has 128 valence electrons. The lowest BCUT2D eigenvalue weighted by atomic mass is 10.1. The first-order valence-electron chi connectivity index (χ1n) is 8.36. The van der Waals surface area contributed by atoms with E-state index in [-0.39, 0.29) is 12.1 Å². The van der Waals surface area contributed by atoms with E-state index in [1.54, 1.807) is 11.3 Å². The van der Waals surface area contributed by atoms with Crippen molar-refractivity contribution in [3.63, 3.8) is 0 Å². The molecule has 2 amide bonds. The number of amides is 2. The van der Waals surface area contributed by atoms with E-state index in [1.165, 1.54) is 5.56 Å². The zero-order chi connectivity index (χ0) is 16.9. The van der Waals surface area contributed by atoms with E-state index in [9.17, 15) is 4.79 Å². The summed E-state index contributed by atoms with van der Waals surface area (Å²) < 4.78 is 0. The summed E-state index contributed by atoms with van der Waals surface area (Å²) in [6.07, 6.45) is 2.82. The van der Waals surface area contributed by atoms with Gasteiger partial charge in [-0.25, -0.2) is 9.78 Å². The lowest BCUT2D eigenvalue weighted by Gasteiger charge is -2.24. The molecular weight excluding hydrogens is 320 g/mol. The van der Waals surface area contributed by atoms with Gasteiger partial charge in [0.1, 0.15) is 5.01 Å². The summed E-state index contributed by atoms with van der Waals surface area (Å²) in [5, 5.41) is 6.91. The lowest BCUT2D eigenvalue weighted by Crippen LogP contribution is -2.43. The molecule has 24 heavy (non-hydrogen) atoms. The molecule has 1 aromatic heterocycles. The summed E-state index contributed by atoms with van der Waals surface area (Å²) in [6, 6.07) is 11.0. The molecule has 0 radical (unpaired) electrons. The Morgan fingerprint density at radius 2 is 2.21 bits per heavy atom. The predicted molar refractivity (Wildman–Crippen MR) is 97.1 cm³/mol. The van der Waals surface area contributed by atoms with Crippen molar-refractivity contribution in [3.05, 3.63) is 52.0 Å². The highest BCUT2D eigenvalue weighted by Gasteiger charge is 2.27. The smallest absolute Gasteiger partial charge is 0.315 e. The standard InChI is InChI=1S/C18H24N4OS/c1-13-10-19-17(24-13)11-20-18(23)21-16-8-9-22(12-16)14(2)15-6-4-3-5-7-15/h3-7,10,14,16H,8-9,11-12H2,1-2H3,(H2,20,21,23)/t14-,16-/m0/s1. The van der Waals surface area contributed by atoms with E-state index in [0.29, 0.717) is 12.6 Å². The number of nitrogens with one attached hydrogen (secondary N) is 2. The fraction of sp³-hybridized carbons (Fsp3) is 0.444. The van der Waals surface area contributed by atoms with Crippen LogP contribution >= 0.6 is 11.3 Å². The maximum atomic E-state index is 12.1. The maximum absolute atomic E-state index is 12.1. The maximum Gasteiger partial charge on any atom is 0.315 e. The van der Waals surface area contributed by atoms with Crippen LogP contribution < -0.4 is 10.6 Å². The zero-order valence-electron chi connectivity index (χ0n) is 14.2. The highest BCUT2D eigenvalue weighted by Crippen LogP contribution is 2.24. The third-order valence-corrected chi connectivity index (χ3v) is 5.37. The first kappa shape index (κ1) is 16.9. The second-order valence-electron chi connectivity index (χ2n) is 6.26. The molecule has 0 aliphatic carbocycles. The Balaban J connectivity index is 1.44. The van der Waals surface area contributed by atoms with Crippen LogP contribution in [0.15, 0.2) is 36.5 Å². The lowest BCUT2D eigenvalue weighted by molar-refractivity contribution is 0.231. The molecule has 3 rings (SSSR count). The van der Waals surface area contributed by atoms with Crippen LogP contribution in [-0.2, 0) is 6.54 Å². The van der Waals surface area contributed by atoms with Crippen LogP contribution in [0.5, 0.6) is 0 Å². The van der Waals surface area contributed by atoms with Gasteiger partial charge in [-0.15, -0.1) is 11.3 Å². The third kappa shape index (κ3) is 4.33. The number of aryl methyl sites for hydroxylation is 1. The van der Waals surface area contributed by atoms with Gasteiger partial charge in [0, 0.05) is 36.2 Å². The topological polar surface area (TPSA) is 57.3 Å². The molecule has 6 heteroatoms. The molecular formula is C18H24N4OS. The molecule has 1 aliphatic rings. The second kappa shape index (κ2) is 7.77. The Labute approximate surface area is 147 Å². The van der Waals surface area contributed by atoms with Crippen LogP contribution in [0.1, 0.15) is 34.8 Å². The number of aromatic nitrogens is 1. The highest BCUT2D eigenvalue weighted by molar-refractivity contribution is 7.11. The molecule has 0 saturated carbocycles. The van der Waals surface area contributed by atoms with Gasteiger partial charge in [0.05, 0.1) is 6.54 Å². The molecule has 1 aliphatic heterocycles. The zero-order valence-corrected chi connectivity index (χ0v) is 15.0. The molecule has 2 aromatic rings. The SMILES string of the molecule is Cc1cnc(CNC(=O)N[C@H]2CCN([C@@H](C)c3ccccc3)C2)s1. The summed E-state index contributed by atoms with van der Waals surface area (Å²) in [5.41, 5.74) is 1.32. The number of thiazole rings is 1. The monoisotopic (exact) mass is 344 g/mol. The molecule has 2 N–H and O–H groups in total. The summed E-state index contributed by atoms with van der Waals surface area (Å²) >= 11 is 1.61. The first-order valence-corrected chi connectivity index (χ1v) is 9.18. The summed E-state index contributed by atoms with van der Waals surface area (Å²) in [5.74, 6) is 0. The number of hydrogen-bond donors (Lipinski definition) is 2. The number of nitrogens with zero attached hydrogens (tertiary/aromatic N) is 2. The summed E-state index contributed by atoms with van der Waals surface area (Å²) in [7, 11) is 0. The van der Waals surface area contributed by atoms with Crippen molar-refractivity contribution in [3.8, 4) is 0 Å². The van der Waals surface area contributed by atoms with Gasteiger partial charge >= 0.3 is 6.03 Å². The van der Waals surface area contributed by atoms with Gasteiger partial charge < -0.3 is 10.6 Å². The Morgan fingerprint density at radius 3 is 2.92 bits per heavy atom. The van der Waals surface area contributed by atoms with Crippen molar-refractivity contribution in [1.82, 2.24) is 20.5 Å². The summed E-state index contributed by atoms with van der Waals surface area (Å²) in [4.78, 5) is 19.9. The largest absolute Gasteiger partial charge is 0.334 e. The average Bonchev–Trinajstić information content (AvgIpc) is 3.22. The van der Waals surface area contributed by atoms with Crippen LogP contribution in [0.25, 0.3) is 0 Å². The molecule has 2 heterocycles. The third-order valence-electron chi connectivity index (χ3n) is 4.45. The van der Waals surface area contributed by atoms with Crippen molar-refractivity contribution in [2.45, 2.75) is 38.9 Å². The molecule has 1 saturated heterocycles. The number of carbonyl (C=O) groups is 1. The molecule has 0 spiro atoms. The molecule has 0 unspecified atom stereocenters. The fourth-order valence-electron chi connectivity index (χ4n) is 3.07. The van der Waals surface area contributed by atoms with Gasteiger partial charge in [-0.05, 0) is 25.8 Å². The minimum absolute atomic E-state index is 0.109. The quantitative estimate of drug-likeness (QED) is 0.876. The van der Waals surface area contributed by atoms with Gasteiger partial charge in [-0.3, -0.25) is 4.90 Å². The van der Waals surface area contributed by atoms with Crippen LogP contribution in [-0.4, -0.2) is 35.0 Å². The highest BCUT2D eigenvalue weighted by atomic mass is 32.1. The Kier molecular flexibility index (Phi) is 5.48. The average molecular weight is 344 g/mol.